The van der Waals surface area contributed by atoms with Gasteiger partial charge in [-0.25, -0.2) is 4.98 Å². The Morgan fingerprint density at radius 2 is 2.14 bits per heavy atom. The first-order valence-electron chi connectivity index (χ1n) is 6.75. The molecule has 2 aromatic rings. The van der Waals surface area contributed by atoms with Gasteiger partial charge in [0.05, 0.1) is 17.5 Å². The van der Waals surface area contributed by atoms with Crippen LogP contribution >= 0.6 is 0 Å². The molecule has 0 fully saturated rings. The highest BCUT2D eigenvalue weighted by atomic mass is 16.6. The van der Waals surface area contributed by atoms with Crippen LogP contribution in [0.2, 0.25) is 0 Å². The molecular weight excluding hydrogens is 270 g/mol. The summed E-state index contributed by atoms with van der Waals surface area (Å²) in [6.07, 6.45) is 1.29. The number of ether oxygens (including phenoxy) is 1. The highest BCUT2D eigenvalue weighted by molar-refractivity contribution is 5.48. The van der Waals surface area contributed by atoms with Gasteiger partial charge in [-0.05, 0) is 19.1 Å². The van der Waals surface area contributed by atoms with Gasteiger partial charge in [-0.2, -0.15) is 0 Å². The molecule has 1 aliphatic rings. The van der Waals surface area contributed by atoms with Gasteiger partial charge in [0.1, 0.15) is 24.4 Å². The molecular formula is C15H15N3O3. The SMILES string of the molecule is C[C@@H]1c2ccccc2OCCN1c1ccc([N+](=O)[O-])cn1. The number of benzene rings is 1. The second kappa shape index (κ2) is 5.40. The minimum atomic E-state index is -0.443. The lowest BCUT2D eigenvalue weighted by Crippen LogP contribution is -2.29. The molecule has 108 valence electrons. The molecule has 0 unspecified atom stereocenters. The third-order valence-corrected chi connectivity index (χ3v) is 3.66. The van der Waals surface area contributed by atoms with E-state index in [1.807, 2.05) is 24.3 Å². The lowest BCUT2D eigenvalue weighted by atomic mass is 10.1. The lowest BCUT2D eigenvalue weighted by molar-refractivity contribution is -0.385. The number of pyridine rings is 1. The van der Waals surface area contributed by atoms with Gasteiger partial charge in [0.15, 0.2) is 0 Å². The van der Waals surface area contributed by atoms with Crippen molar-refractivity contribution < 1.29 is 9.66 Å². The number of nitro groups is 1. The minimum Gasteiger partial charge on any atom is -0.491 e. The van der Waals surface area contributed by atoms with Crippen LogP contribution in [0.5, 0.6) is 5.75 Å². The minimum absolute atomic E-state index is 0.00197. The maximum Gasteiger partial charge on any atom is 0.287 e. The first-order valence-corrected chi connectivity index (χ1v) is 6.75. The van der Waals surface area contributed by atoms with E-state index in [0.717, 1.165) is 11.3 Å². The normalized spacial score (nSPS) is 17.6. The highest BCUT2D eigenvalue weighted by Gasteiger charge is 2.24. The Morgan fingerprint density at radius 3 is 2.86 bits per heavy atom. The van der Waals surface area contributed by atoms with E-state index < -0.39 is 4.92 Å². The van der Waals surface area contributed by atoms with Gasteiger partial charge in [-0.3, -0.25) is 10.1 Å². The summed E-state index contributed by atoms with van der Waals surface area (Å²) in [5.74, 6) is 1.60. The molecule has 0 saturated heterocycles. The van der Waals surface area contributed by atoms with Crippen molar-refractivity contribution in [1.29, 1.82) is 0 Å². The summed E-state index contributed by atoms with van der Waals surface area (Å²) in [6, 6.07) is 11.2. The molecule has 6 heteroatoms. The van der Waals surface area contributed by atoms with Gasteiger partial charge in [-0.1, -0.05) is 18.2 Å². The number of aromatic nitrogens is 1. The van der Waals surface area contributed by atoms with E-state index in [1.165, 1.54) is 12.3 Å². The molecule has 1 atom stereocenters. The van der Waals surface area contributed by atoms with Gasteiger partial charge in [0.2, 0.25) is 0 Å². The molecule has 0 radical (unpaired) electrons. The topological polar surface area (TPSA) is 68.5 Å². The fourth-order valence-corrected chi connectivity index (χ4v) is 2.54. The number of anilines is 1. The fraction of sp³-hybridized carbons (Fsp3) is 0.267. The van der Waals surface area contributed by atoms with Crippen LogP contribution in [0.1, 0.15) is 18.5 Å². The highest BCUT2D eigenvalue weighted by Crippen LogP contribution is 2.33. The summed E-state index contributed by atoms with van der Waals surface area (Å²) in [5.41, 5.74) is 1.09. The molecule has 1 aromatic heterocycles. The van der Waals surface area contributed by atoms with E-state index >= 15 is 0 Å². The standard InChI is InChI=1S/C15H15N3O3/c1-11-13-4-2-3-5-14(13)21-9-8-17(11)15-7-6-12(10-16-15)18(19)20/h2-7,10-11H,8-9H2,1H3/t11-/m1/s1. The van der Waals surface area contributed by atoms with Crippen LogP contribution < -0.4 is 9.64 Å². The zero-order chi connectivity index (χ0) is 14.8. The van der Waals surface area contributed by atoms with Crippen LogP contribution in [0.15, 0.2) is 42.6 Å². The molecule has 0 aliphatic carbocycles. The zero-order valence-electron chi connectivity index (χ0n) is 11.6. The second-order valence-electron chi connectivity index (χ2n) is 4.89. The monoisotopic (exact) mass is 285 g/mol. The Morgan fingerprint density at radius 1 is 1.33 bits per heavy atom. The lowest BCUT2D eigenvalue weighted by Gasteiger charge is -2.27. The average molecular weight is 285 g/mol. The van der Waals surface area contributed by atoms with Crippen molar-refractivity contribution in [3.05, 3.63) is 58.3 Å². The first kappa shape index (κ1) is 13.4. The summed E-state index contributed by atoms with van der Waals surface area (Å²) in [4.78, 5) is 16.6. The third-order valence-electron chi connectivity index (χ3n) is 3.66. The van der Waals surface area contributed by atoms with Crippen molar-refractivity contribution >= 4 is 11.5 Å². The van der Waals surface area contributed by atoms with Crippen molar-refractivity contribution in [2.45, 2.75) is 13.0 Å². The summed E-state index contributed by atoms with van der Waals surface area (Å²) < 4.78 is 5.75. The third kappa shape index (κ3) is 2.52. The molecule has 0 bridgehead atoms. The summed E-state index contributed by atoms with van der Waals surface area (Å²) >= 11 is 0. The van der Waals surface area contributed by atoms with Gasteiger partial charge >= 0.3 is 0 Å². The van der Waals surface area contributed by atoms with Gasteiger partial charge in [-0.15, -0.1) is 0 Å². The maximum atomic E-state index is 10.7. The predicted octanol–water partition coefficient (Wildman–Crippen LogP) is 2.95. The van der Waals surface area contributed by atoms with Crippen LogP contribution in [0.25, 0.3) is 0 Å². The van der Waals surface area contributed by atoms with Gasteiger partial charge < -0.3 is 9.64 Å². The number of hydrogen-bond donors (Lipinski definition) is 0. The van der Waals surface area contributed by atoms with E-state index in [1.54, 1.807) is 6.07 Å². The predicted molar refractivity (Wildman–Crippen MR) is 78.6 cm³/mol. The van der Waals surface area contributed by atoms with Crippen LogP contribution in [-0.2, 0) is 0 Å². The van der Waals surface area contributed by atoms with Crippen molar-refractivity contribution in [3.8, 4) is 5.75 Å². The first-order chi connectivity index (χ1) is 10.2. The quantitative estimate of drug-likeness (QED) is 0.626. The smallest absolute Gasteiger partial charge is 0.287 e. The molecule has 2 heterocycles. The number of hydrogen-bond acceptors (Lipinski definition) is 5. The molecule has 0 saturated carbocycles. The van der Waals surface area contributed by atoms with E-state index in [4.69, 9.17) is 4.74 Å². The van der Waals surface area contributed by atoms with Crippen LogP contribution in [-0.4, -0.2) is 23.1 Å². The summed E-state index contributed by atoms with van der Waals surface area (Å²) in [7, 11) is 0. The molecule has 6 nitrogen and oxygen atoms in total. The molecule has 1 aromatic carbocycles. The Kier molecular flexibility index (Phi) is 3.43. The summed E-state index contributed by atoms with van der Waals surface area (Å²) in [5, 5.41) is 10.7. The molecule has 3 rings (SSSR count). The molecule has 1 aliphatic heterocycles. The van der Waals surface area contributed by atoms with Crippen molar-refractivity contribution in [1.82, 2.24) is 4.98 Å². The van der Waals surface area contributed by atoms with Crippen molar-refractivity contribution in [2.24, 2.45) is 0 Å². The van der Waals surface area contributed by atoms with Gasteiger partial charge in [0, 0.05) is 11.6 Å². The fourth-order valence-electron chi connectivity index (χ4n) is 2.54. The number of rotatable bonds is 2. The van der Waals surface area contributed by atoms with E-state index in [0.29, 0.717) is 19.0 Å². The summed E-state index contributed by atoms with van der Waals surface area (Å²) in [6.45, 7) is 3.32. The Balaban J connectivity index is 1.93. The number of para-hydroxylation sites is 1. The van der Waals surface area contributed by atoms with E-state index in [-0.39, 0.29) is 11.7 Å². The Labute approximate surface area is 122 Å². The molecule has 0 spiro atoms. The molecule has 0 amide bonds. The van der Waals surface area contributed by atoms with Crippen LogP contribution in [0.3, 0.4) is 0 Å². The van der Waals surface area contributed by atoms with Crippen LogP contribution in [0, 0.1) is 10.1 Å². The Hall–Kier alpha value is -2.63. The maximum absolute atomic E-state index is 10.7. The van der Waals surface area contributed by atoms with Crippen molar-refractivity contribution in [3.63, 3.8) is 0 Å². The molecule has 21 heavy (non-hydrogen) atoms. The van der Waals surface area contributed by atoms with E-state index in [9.17, 15) is 10.1 Å². The van der Waals surface area contributed by atoms with Crippen LogP contribution in [0.4, 0.5) is 11.5 Å². The van der Waals surface area contributed by atoms with Crippen molar-refractivity contribution in [2.75, 3.05) is 18.1 Å². The van der Waals surface area contributed by atoms with Gasteiger partial charge in [0.25, 0.3) is 5.69 Å². The average Bonchev–Trinajstić information content (AvgIpc) is 2.67. The number of nitrogens with zero attached hydrogens (tertiary/aromatic N) is 3. The second-order valence-corrected chi connectivity index (χ2v) is 4.89. The Bertz CT molecular complexity index is 657. The zero-order valence-corrected chi connectivity index (χ0v) is 11.6. The van der Waals surface area contributed by atoms with E-state index in [2.05, 4.69) is 16.8 Å². The molecule has 0 N–H and O–H groups in total. The number of fused-ring (bicyclic) bond motifs is 1. The largest absolute Gasteiger partial charge is 0.491 e.